The van der Waals surface area contributed by atoms with Crippen molar-refractivity contribution in [1.82, 2.24) is 5.32 Å². The van der Waals surface area contributed by atoms with Crippen molar-refractivity contribution in [2.75, 3.05) is 5.32 Å². The minimum atomic E-state index is -1.09. The van der Waals surface area contributed by atoms with E-state index >= 15 is 0 Å². The molecule has 0 radical (unpaired) electrons. The molecule has 0 aliphatic rings. The van der Waals surface area contributed by atoms with Gasteiger partial charge in [0.25, 0.3) is 5.91 Å². The number of carbonyl (C=O) groups excluding carboxylic acids is 3. The highest BCUT2D eigenvalue weighted by atomic mass is 35.5. The summed E-state index contributed by atoms with van der Waals surface area (Å²) in [5, 5.41) is 14.4. The highest BCUT2D eigenvalue weighted by Gasteiger charge is 2.23. The van der Waals surface area contributed by atoms with Gasteiger partial charge in [0.05, 0.1) is 24.1 Å². The number of nitrogens with two attached hydrogens (primary N) is 1. The first kappa shape index (κ1) is 21.7. The van der Waals surface area contributed by atoms with E-state index < -0.39 is 30.1 Å². The average molecular weight is 415 g/mol. The summed E-state index contributed by atoms with van der Waals surface area (Å²) in [5.41, 5.74) is 6.58. The molecule has 0 fully saturated rings. The summed E-state index contributed by atoms with van der Waals surface area (Å²) in [6.07, 6.45) is -1.32. The summed E-state index contributed by atoms with van der Waals surface area (Å²) in [4.78, 5) is 35.8. The molecule has 9 heteroatoms. The zero-order chi connectivity index (χ0) is 21.4. The topological polar surface area (TPSA) is 134 Å². The van der Waals surface area contributed by atoms with Crippen molar-refractivity contribution < 1.29 is 19.1 Å². The molecular formula is C20H19ClN4O4. The fourth-order valence-corrected chi connectivity index (χ4v) is 2.62. The van der Waals surface area contributed by atoms with Crippen molar-refractivity contribution >= 4 is 35.2 Å². The van der Waals surface area contributed by atoms with Crippen LogP contribution < -0.4 is 16.4 Å². The van der Waals surface area contributed by atoms with Gasteiger partial charge in [-0.15, -0.1) is 0 Å². The Balaban J connectivity index is 1.98. The minimum Gasteiger partial charge on any atom is -0.452 e. The predicted molar refractivity (Wildman–Crippen MR) is 107 cm³/mol. The standard InChI is InChI=1S/C20H19ClN4O4/c1-12(19(27)24-16-4-2-3-13(9-16)11-22)29-18(26)10-17(25-20(23)28)14-5-7-15(21)8-6-14/h2-9,12,17H,10H2,1H3,(H,24,27)(H3,23,25,28)/t12-,17-/m0/s1. The Kier molecular flexibility index (Phi) is 7.57. The van der Waals surface area contributed by atoms with Gasteiger partial charge < -0.3 is 21.1 Å². The third kappa shape index (κ3) is 6.83. The average Bonchev–Trinajstić information content (AvgIpc) is 2.67. The lowest BCUT2D eigenvalue weighted by Crippen LogP contribution is -2.36. The smallest absolute Gasteiger partial charge is 0.312 e. The molecule has 0 aromatic heterocycles. The monoisotopic (exact) mass is 414 g/mol. The summed E-state index contributed by atoms with van der Waals surface area (Å²) in [7, 11) is 0. The van der Waals surface area contributed by atoms with E-state index in [1.165, 1.54) is 13.0 Å². The minimum absolute atomic E-state index is 0.230. The molecule has 29 heavy (non-hydrogen) atoms. The van der Waals surface area contributed by atoms with Crippen LogP contribution in [0.5, 0.6) is 0 Å². The van der Waals surface area contributed by atoms with E-state index in [2.05, 4.69) is 10.6 Å². The van der Waals surface area contributed by atoms with E-state index in [9.17, 15) is 14.4 Å². The second kappa shape index (κ2) is 10.1. The number of hydrogen-bond acceptors (Lipinski definition) is 5. The maximum absolute atomic E-state index is 12.3. The molecule has 2 rings (SSSR count). The van der Waals surface area contributed by atoms with Crippen LogP contribution in [0.1, 0.15) is 30.5 Å². The first-order valence-electron chi connectivity index (χ1n) is 8.60. The number of primary amides is 1. The van der Waals surface area contributed by atoms with Gasteiger partial charge in [-0.2, -0.15) is 5.26 Å². The summed E-state index contributed by atoms with van der Waals surface area (Å²) >= 11 is 5.85. The van der Waals surface area contributed by atoms with E-state index in [0.717, 1.165) is 0 Å². The summed E-state index contributed by atoms with van der Waals surface area (Å²) in [6.45, 7) is 1.42. The molecule has 2 aromatic carbocycles. The molecule has 0 saturated carbocycles. The van der Waals surface area contributed by atoms with E-state index in [1.807, 2.05) is 6.07 Å². The van der Waals surface area contributed by atoms with Crippen LogP contribution in [-0.4, -0.2) is 24.0 Å². The molecule has 0 saturated heterocycles. The normalized spacial score (nSPS) is 12.2. The first-order chi connectivity index (χ1) is 13.8. The van der Waals surface area contributed by atoms with E-state index in [4.69, 9.17) is 27.3 Å². The molecule has 150 valence electrons. The number of halogens is 1. The zero-order valence-corrected chi connectivity index (χ0v) is 16.3. The number of hydrogen-bond donors (Lipinski definition) is 3. The van der Waals surface area contributed by atoms with E-state index in [0.29, 0.717) is 21.8 Å². The molecule has 8 nitrogen and oxygen atoms in total. The second-order valence-corrected chi connectivity index (χ2v) is 6.57. The molecule has 3 amide bonds. The Labute approximate surface area is 172 Å². The van der Waals surface area contributed by atoms with Gasteiger partial charge in [0, 0.05) is 10.7 Å². The number of esters is 1. The van der Waals surface area contributed by atoms with Crippen LogP contribution in [0, 0.1) is 11.3 Å². The Morgan fingerprint density at radius 2 is 1.90 bits per heavy atom. The molecule has 0 heterocycles. The number of carbonyl (C=O) groups is 3. The number of ether oxygens (including phenoxy) is 1. The molecular weight excluding hydrogens is 396 g/mol. The number of urea groups is 1. The third-order valence-electron chi connectivity index (χ3n) is 3.90. The van der Waals surface area contributed by atoms with E-state index in [1.54, 1.807) is 42.5 Å². The first-order valence-corrected chi connectivity index (χ1v) is 8.98. The number of benzene rings is 2. The van der Waals surface area contributed by atoms with Crippen molar-refractivity contribution in [3.05, 3.63) is 64.7 Å². The van der Waals surface area contributed by atoms with Gasteiger partial charge in [0.1, 0.15) is 0 Å². The molecule has 0 aliphatic carbocycles. The van der Waals surface area contributed by atoms with Gasteiger partial charge in [-0.1, -0.05) is 29.8 Å². The van der Waals surface area contributed by atoms with Gasteiger partial charge in [-0.25, -0.2) is 4.79 Å². The van der Waals surface area contributed by atoms with Crippen LogP contribution in [-0.2, 0) is 14.3 Å². The summed E-state index contributed by atoms with van der Waals surface area (Å²) in [5.74, 6) is -1.26. The molecule has 0 spiro atoms. The van der Waals surface area contributed by atoms with Crippen LogP contribution in [0.3, 0.4) is 0 Å². The largest absolute Gasteiger partial charge is 0.452 e. The molecule has 0 unspecified atom stereocenters. The Hall–Kier alpha value is -3.57. The number of amides is 3. The SMILES string of the molecule is C[C@H](OC(=O)C[C@H](NC(N)=O)c1ccc(Cl)cc1)C(=O)Nc1cccc(C#N)c1. The van der Waals surface area contributed by atoms with Crippen molar-refractivity contribution in [2.24, 2.45) is 5.73 Å². The quantitative estimate of drug-likeness (QED) is 0.599. The Morgan fingerprint density at radius 1 is 1.21 bits per heavy atom. The lowest BCUT2D eigenvalue weighted by molar-refractivity contribution is -0.153. The van der Waals surface area contributed by atoms with Crippen LogP contribution >= 0.6 is 11.6 Å². The van der Waals surface area contributed by atoms with Crippen LogP contribution in [0.25, 0.3) is 0 Å². The fourth-order valence-electron chi connectivity index (χ4n) is 2.49. The number of rotatable bonds is 7. The van der Waals surface area contributed by atoms with Crippen molar-refractivity contribution in [2.45, 2.75) is 25.5 Å². The molecule has 0 bridgehead atoms. The van der Waals surface area contributed by atoms with Gasteiger partial charge >= 0.3 is 12.0 Å². The summed E-state index contributed by atoms with van der Waals surface area (Å²) in [6, 6.07) is 13.3. The highest BCUT2D eigenvalue weighted by Crippen LogP contribution is 2.20. The maximum Gasteiger partial charge on any atom is 0.312 e. The zero-order valence-electron chi connectivity index (χ0n) is 15.5. The highest BCUT2D eigenvalue weighted by molar-refractivity contribution is 6.30. The Morgan fingerprint density at radius 3 is 2.52 bits per heavy atom. The number of anilines is 1. The van der Waals surface area contributed by atoms with Crippen LogP contribution in [0.4, 0.5) is 10.5 Å². The van der Waals surface area contributed by atoms with Crippen molar-refractivity contribution in [3.63, 3.8) is 0 Å². The second-order valence-electron chi connectivity index (χ2n) is 6.13. The van der Waals surface area contributed by atoms with Gasteiger partial charge in [0.15, 0.2) is 6.10 Å². The van der Waals surface area contributed by atoms with Crippen molar-refractivity contribution in [1.29, 1.82) is 5.26 Å². The van der Waals surface area contributed by atoms with Gasteiger partial charge in [0.2, 0.25) is 0 Å². The van der Waals surface area contributed by atoms with Crippen LogP contribution in [0.15, 0.2) is 48.5 Å². The molecule has 2 atom stereocenters. The molecule has 2 aromatic rings. The molecule has 4 N–H and O–H groups in total. The van der Waals surface area contributed by atoms with Crippen LogP contribution in [0.2, 0.25) is 5.02 Å². The molecule has 0 aliphatic heterocycles. The number of nitrogens with one attached hydrogen (secondary N) is 2. The fraction of sp³-hybridized carbons (Fsp3) is 0.200. The lowest BCUT2D eigenvalue weighted by atomic mass is 10.0. The summed E-state index contributed by atoms with van der Waals surface area (Å²) < 4.78 is 5.16. The Bertz CT molecular complexity index is 940. The van der Waals surface area contributed by atoms with E-state index in [-0.39, 0.29) is 6.42 Å². The number of nitriles is 1. The van der Waals surface area contributed by atoms with Gasteiger partial charge in [-0.05, 0) is 42.8 Å². The van der Waals surface area contributed by atoms with Crippen molar-refractivity contribution in [3.8, 4) is 6.07 Å². The predicted octanol–water partition coefficient (Wildman–Crippen LogP) is 2.88. The number of nitrogens with zero attached hydrogens (tertiary/aromatic N) is 1. The third-order valence-corrected chi connectivity index (χ3v) is 4.15. The maximum atomic E-state index is 12.3. The lowest BCUT2D eigenvalue weighted by Gasteiger charge is -2.19. The van der Waals surface area contributed by atoms with Gasteiger partial charge in [-0.3, -0.25) is 9.59 Å².